The molecule has 0 radical (unpaired) electrons. The summed E-state index contributed by atoms with van der Waals surface area (Å²) in [7, 11) is 1.49. The Morgan fingerprint density at radius 2 is 2.16 bits per heavy atom. The van der Waals surface area contributed by atoms with Crippen molar-refractivity contribution in [2.75, 3.05) is 26.7 Å². The minimum Gasteiger partial charge on any atom is -0.479 e. The van der Waals surface area contributed by atoms with Crippen LogP contribution in [0.15, 0.2) is 5.10 Å². The summed E-state index contributed by atoms with van der Waals surface area (Å²) in [6.07, 6.45) is -0.466. The fourth-order valence-electron chi connectivity index (χ4n) is 1.99. The van der Waals surface area contributed by atoms with Gasteiger partial charge in [0.2, 0.25) is 5.91 Å². The van der Waals surface area contributed by atoms with Crippen LogP contribution in [0, 0.1) is 0 Å². The molecule has 2 aliphatic heterocycles. The number of carboxylic acid groups (broad SMARTS) is 1. The zero-order valence-electron chi connectivity index (χ0n) is 10.5. The van der Waals surface area contributed by atoms with Crippen LogP contribution in [0.25, 0.3) is 0 Å². The maximum absolute atomic E-state index is 12.2. The fraction of sp³-hybridized carbons (Fsp3) is 0.636. The molecule has 1 N–H and O–H groups in total. The average molecular weight is 269 g/mol. The molecule has 2 amide bonds. The van der Waals surface area contributed by atoms with Crippen molar-refractivity contribution in [3.8, 4) is 0 Å². The topological polar surface area (TPSA) is 99.5 Å². The number of ether oxygens (including phenoxy) is 1. The Morgan fingerprint density at radius 1 is 1.42 bits per heavy atom. The van der Waals surface area contributed by atoms with E-state index >= 15 is 0 Å². The van der Waals surface area contributed by atoms with Gasteiger partial charge in [0.15, 0.2) is 6.10 Å². The van der Waals surface area contributed by atoms with E-state index < -0.39 is 12.1 Å². The molecule has 2 aliphatic rings. The lowest BCUT2D eigenvalue weighted by Crippen LogP contribution is -2.51. The van der Waals surface area contributed by atoms with Crippen molar-refractivity contribution < 1.29 is 24.2 Å². The van der Waals surface area contributed by atoms with Crippen LogP contribution in [-0.4, -0.2) is 71.4 Å². The van der Waals surface area contributed by atoms with Gasteiger partial charge in [0, 0.05) is 26.4 Å². The normalized spacial score (nSPS) is 24.2. The zero-order valence-corrected chi connectivity index (χ0v) is 10.5. The predicted octanol–water partition coefficient (Wildman–Crippen LogP) is -1.09. The number of carboxylic acids is 1. The highest BCUT2D eigenvalue weighted by atomic mass is 16.5. The van der Waals surface area contributed by atoms with E-state index in [4.69, 9.17) is 9.84 Å². The third kappa shape index (κ3) is 2.90. The maximum atomic E-state index is 12.2. The molecule has 2 heterocycles. The Labute approximate surface area is 109 Å². The highest BCUT2D eigenvalue weighted by molar-refractivity contribution is 6.39. The summed E-state index contributed by atoms with van der Waals surface area (Å²) < 4.78 is 5.05. The van der Waals surface area contributed by atoms with Crippen molar-refractivity contribution in [1.29, 1.82) is 0 Å². The molecule has 8 nitrogen and oxygen atoms in total. The summed E-state index contributed by atoms with van der Waals surface area (Å²) in [5.74, 6) is -1.55. The highest BCUT2D eigenvalue weighted by Gasteiger charge is 2.32. The first-order chi connectivity index (χ1) is 8.99. The van der Waals surface area contributed by atoms with Gasteiger partial charge >= 0.3 is 5.97 Å². The Morgan fingerprint density at radius 3 is 2.79 bits per heavy atom. The largest absolute Gasteiger partial charge is 0.479 e. The van der Waals surface area contributed by atoms with Gasteiger partial charge in [0.1, 0.15) is 5.71 Å². The molecule has 0 spiro atoms. The molecule has 0 aromatic heterocycles. The second-order valence-corrected chi connectivity index (χ2v) is 4.41. The van der Waals surface area contributed by atoms with E-state index in [0.29, 0.717) is 6.54 Å². The second-order valence-electron chi connectivity index (χ2n) is 4.41. The van der Waals surface area contributed by atoms with Crippen LogP contribution >= 0.6 is 0 Å². The third-order valence-corrected chi connectivity index (χ3v) is 3.08. The molecular formula is C11H15N3O5. The highest BCUT2D eigenvalue weighted by Crippen LogP contribution is 2.12. The molecule has 1 atom stereocenters. The van der Waals surface area contributed by atoms with E-state index in [1.807, 2.05) is 0 Å². The summed E-state index contributed by atoms with van der Waals surface area (Å²) in [5.41, 5.74) is 0.285. The van der Waals surface area contributed by atoms with Crippen molar-refractivity contribution in [2.45, 2.75) is 18.9 Å². The summed E-state index contributed by atoms with van der Waals surface area (Å²) in [5, 5.41) is 14.0. The molecular weight excluding hydrogens is 254 g/mol. The molecule has 0 bridgehead atoms. The number of carbonyl (C=O) groups is 3. The van der Waals surface area contributed by atoms with Crippen molar-refractivity contribution in [3.63, 3.8) is 0 Å². The second kappa shape index (κ2) is 5.35. The zero-order chi connectivity index (χ0) is 14.0. The minimum absolute atomic E-state index is 0.00481. The van der Waals surface area contributed by atoms with Gasteiger partial charge in [-0.1, -0.05) is 0 Å². The fourth-order valence-corrected chi connectivity index (χ4v) is 1.99. The molecule has 104 valence electrons. The summed E-state index contributed by atoms with van der Waals surface area (Å²) in [4.78, 5) is 35.7. The van der Waals surface area contributed by atoms with Crippen LogP contribution in [0.2, 0.25) is 0 Å². The van der Waals surface area contributed by atoms with Crippen molar-refractivity contribution >= 4 is 23.5 Å². The van der Waals surface area contributed by atoms with Crippen molar-refractivity contribution in [1.82, 2.24) is 9.91 Å². The van der Waals surface area contributed by atoms with Crippen molar-refractivity contribution in [2.24, 2.45) is 5.10 Å². The lowest BCUT2D eigenvalue weighted by molar-refractivity contribution is -0.157. The van der Waals surface area contributed by atoms with Gasteiger partial charge in [0.05, 0.1) is 13.2 Å². The van der Waals surface area contributed by atoms with Gasteiger partial charge in [-0.15, -0.1) is 0 Å². The van der Waals surface area contributed by atoms with Gasteiger partial charge in [-0.3, -0.25) is 9.59 Å². The standard InChI is InChI=1S/C11H15N3O5/c1-13-9(15)3-2-7(12-13)10(16)14-4-5-19-8(6-14)11(17)18/h8H,2-6H2,1H3,(H,17,18)/t8-/m0/s1. The summed E-state index contributed by atoms with van der Waals surface area (Å²) in [6.45, 7) is 0.523. The lowest BCUT2D eigenvalue weighted by atomic mass is 10.1. The Hall–Kier alpha value is -1.96. The Balaban J connectivity index is 2.05. The van der Waals surface area contributed by atoms with E-state index in [-0.39, 0.29) is 43.5 Å². The van der Waals surface area contributed by atoms with Gasteiger partial charge < -0.3 is 14.7 Å². The lowest BCUT2D eigenvalue weighted by Gasteiger charge is -2.32. The summed E-state index contributed by atoms with van der Waals surface area (Å²) in [6, 6.07) is 0. The molecule has 2 rings (SSSR count). The number of rotatable bonds is 2. The molecule has 0 unspecified atom stereocenters. The minimum atomic E-state index is -1.09. The molecule has 0 saturated carbocycles. The van der Waals surface area contributed by atoms with E-state index in [2.05, 4.69) is 5.10 Å². The number of hydrogen-bond acceptors (Lipinski definition) is 5. The molecule has 19 heavy (non-hydrogen) atoms. The van der Waals surface area contributed by atoms with Gasteiger partial charge in [-0.2, -0.15) is 5.10 Å². The van der Waals surface area contributed by atoms with Gasteiger partial charge in [0.25, 0.3) is 5.91 Å². The van der Waals surface area contributed by atoms with Crippen molar-refractivity contribution in [3.05, 3.63) is 0 Å². The van der Waals surface area contributed by atoms with Crippen LogP contribution in [0.5, 0.6) is 0 Å². The molecule has 1 fully saturated rings. The first-order valence-electron chi connectivity index (χ1n) is 5.96. The predicted molar refractivity (Wildman–Crippen MR) is 63.4 cm³/mol. The Bertz CT molecular complexity index is 448. The van der Waals surface area contributed by atoms with E-state index in [1.54, 1.807) is 0 Å². The molecule has 0 aromatic carbocycles. The van der Waals surface area contributed by atoms with Gasteiger partial charge in [-0.05, 0) is 0 Å². The molecule has 8 heteroatoms. The number of morpholine rings is 1. The molecule has 0 aromatic rings. The smallest absolute Gasteiger partial charge is 0.334 e. The first-order valence-corrected chi connectivity index (χ1v) is 5.96. The van der Waals surface area contributed by atoms with Crippen LogP contribution in [0.1, 0.15) is 12.8 Å². The van der Waals surface area contributed by atoms with Crippen LogP contribution in [0.3, 0.4) is 0 Å². The number of carbonyl (C=O) groups excluding carboxylic acids is 2. The quantitative estimate of drug-likeness (QED) is 0.686. The van der Waals surface area contributed by atoms with Crippen LogP contribution in [-0.2, 0) is 19.1 Å². The monoisotopic (exact) mass is 269 g/mol. The number of amides is 2. The SMILES string of the molecule is CN1N=C(C(=O)N2CCO[C@H](C(=O)O)C2)CCC1=O. The summed E-state index contributed by atoms with van der Waals surface area (Å²) >= 11 is 0. The van der Waals surface area contributed by atoms with Gasteiger partial charge in [-0.25, -0.2) is 9.80 Å². The van der Waals surface area contributed by atoms with E-state index in [9.17, 15) is 14.4 Å². The first kappa shape index (κ1) is 13.5. The number of hydrogen-bond donors (Lipinski definition) is 1. The maximum Gasteiger partial charge on any atom is 0.334 e. The number of nitrogens with zero attached hydrogens (tertiary/aromatic N) is 3. The number of aliphatic carboxylic acids is 1. The average Bonchev–Trinajstić information content (AvgIpc) is 2.41. The van der Waals surface area contributed by atoms with Crippen LogP contribution < -0.4 is 0 Å². The number of hydrazone groups is 1. The molecule has 0 aliphatic carbocycles. The van der Waals surface area contributed by atoms with E-state index in [1.165, 1.54) is 11.9 Å². The van der Waals surface area contributed by atoms with E-state index in [0.717, 1.165) is 5.01 Å². The van der Waals surface area contributed by atoms with Crippen LogP contribution in [0.4, 0.5) is 0 Å². The third-order valence-electron chi connectivity index (χ3n) is 3.08. The Kier molecular flexibility index (Phi) is 3.79. The molecule has 1 saturated heterocycles.